The summed E-state index contributed by atoms with van der Waals surface area (Å²) < 4.78 is 5.53. The largest absolute Gasteiger partial charge is 0.443 e. The molecule has 0 unspecified atom stereocenters. The molecule has 3 heterocycles. The van der Waals surface area contributed by atoms with E-state index >= 15 is 0 Å². The number of thiophene rings is 1. The molecule has 0 saturated carbocycles. The second kappa shape index (κ2) is 5.76. The normalized spacial score (nSPS) is 16.6. The lowest BCUT2D eigenvalue weighted by Gasteiger charge is -2.31. The molecule has 1 aliphatic heterocycles. The number of hydrogen-bond acceptors (Lipinski definition) is 4. The number of aromatic nitrogens is 1. The van der Waals surface area contributed by atoms with Gasteiger partial charge < -0.3 is 14.2 Å². The standard InChI is InChI=1S/C14H17N3O2S/c1-11(18)17-6-4-16(5-7-17)9-12-10-19-14(15-12)13-3-2-8-20-13/h2-3,8,10H,4-7,9H2,1H3/p+1. The van der Waals surface area contributed by atoms with Crippen LogP contribution in [0.5, 0.6) is 0 Å². The van der Waals surface area contributed by atoms with Gasteiger partial charge in [-0.3, -0.25) is 4.79 Å². The molecule has 1 N–H and O–H groups in total. The summed E-state index contributed by atoms with van der Waals surface area (Å²) in [5.74, 6) is 0.877. The molecule has 6 heteroatoms. The molecule has 1 fully saturated rings. The SMILES string of the molecule is CC(=O)N1CC[NH+](Cc2coc(-c3cccs3)n2)CC1. The lowest BCUT2D eigenvalue weighted by Crippen LogP contribution is -3.13. The van der Waals surface area contributed by atoms with Crippen LogP contribution in [-0.2, 0) is 11.3 Å². The molecule has 5 nitrogen and oxygen atoms in total. The summed E-state index contributed by atoms with van der Waals surface area (Å²) in [4.78, 5) is 20.3. The highest BCUT2D eigenvalue weighted by molar-refractivity contribution is 7.13. The molecule has 0 aromatic carbocycles. The van der Waals surface area contributed by atoms with E-state index in [0.29, 0.717) is 5.89 Å². The van der Waals surface area contributed by atoms with E-state index in [-0.39, 0.29) is 5.91 Å². The fraction of sp³-hybridized carbons (Fsp3) is 0.429. The van der Waals surface area contributed by atoms with Gasteiger partial charge in [0.15, 0.2) is 0 Å². The lowest BCUT2D eigenvalue weighted by atomic mass is 10.3. The van der Waals surface area contributed by atoms with Crippen molar-refractivity contribution >= 4 is 17.2 Å². The molecule has 3 rings (SSSR count). The Morgan fingerprint density at radius 3 is 2.95 bits per heavy atom. The van der Waals surface area contributed by atoms with E-state index in [1.165, 1.54) is 4.90 Å². The zero-order chi connectivity index (χ0) is 13.9. The number of oxazole rings is 1. The van der Waals surface area contributed by atoms with Crippen LogP contribution in [0.15, 0.2) is 28.2 Å². The van der Waals surface area contributed by atoms with Crippen molar-refractivity contribution in [1.29, 1.82) is 0 Å². The second-order valence-electron chi connectivity index (χ2n) is 5.05. The molecule has 0 spiro atoms. The molecule has 0 radical (unpaired) electrons. The average Bonchev–Trinajstić information content (AvgIpc) is 3.09. The fourth-order valence-corrected chi connectivity index (χ4v) is 3.13. The van der Waals surface area contributed by atoms with Gasteiger partial charge in [-0.05, 0) is 11.4 Å². The van der Waals surface area contributed by atoms with Crippen LogP contribution in [0.3, 0.4) is 0 Å². The number of carbonyl (C=O) groups excluding carboxylic acids is 1. The van der Waals surface area contributed by atoms with Crippen LogP contribution in [0, 0.1) is 0 Å². The molecule has 0 bridgehead atoms. The Morgan fingerprint density at radius 2 is 2.30 bits per heavy atom. The first-order chi connectivity index (χ1) is 9.72. The Balaban J connectivity index is 1.58. The highest BCUT2D eigenvalue weighted by Crippen LogP contribution is 2.23. The van der Waals surface area contributed by atoms with Crippen molar-refractivity contribution in [3.05, 3.63) is 29.5 Å². The van der Waals surface area contributed by atoms with E-state index in [4.69, 9.17) is 4.42 Å². The van der Waals surface area contributed by atoms with E-state index in [1.807, 2.05) is 22.4 Å². The molecule has 2 aromatic heterocycles. The summed E-state index contributed by atoms with van der Waals surface area (Å²) in [6.07, 6.45) is 1.75. The van der Waals surface area contributed by atoms with Gasteiger partial charge in [-0.1, -0.05) is 6.07 Å². The molecule has 106 valence electrons. The van der Waals surface area contributed by atoms with E-state index in [9.17, 15) is 4.79 Å². The fourth-order valence-electron chi connectivity index (χ4n) is 2.47. The van der Waals surface area contributed by atoms with Crippen LogP contribution in [0.1, 0.15) is 12.6 Å². The topological polar surface area (TPSA) is 50.8 Å². The summed E-state index contributed by atoms with van der Waals surface area (Å²) in [6.45, 7) is 6.11. The third-order valence-electron chi connectivity index (χ3n) is 3.63. The molecule has 0 aliphatic carbocycles. The van der Waals surface area contributed by atoms with Crippen LogP contribution in [-0.4, -0.2) is 42.0 Å². The summed E-state index contributed by atoms with van der Waals surface area (Å²) in [7, 11) is 0. The number of piperazine rings is 1. The van der Waals surface area contributed by atoms with E-state index in [2.05, 4.69) is 4.98 Å². The van der Waals surface area contributed by atoms with Crippen molar-refractivity contribution in [2.24, 2.45) is 0 Å². The second-order valence-corrected chi connectivity index (χ2v) is 6.00. The molecule has 1 aliphatic rings. The molecule has 20 heavy (non-hydrogen) atoms. The minimum Gasteiger partial charge on any atom is -0.443 e. The van der Waals surface area contributed by atoms with Crippen molar-refractivity contribution in [1.82, 2.24) is 9.88 Å². The number of carbonyl (C=O) groups is 1. The van der Waals surface area contributed by atoms with Crippen LogP contribution in [0.25, 0.3) is 10.8 Å². The summed E-state index contributed by atoms with van der Waals surface area (Å²) in [5, 5.41) is 2.02. The first-order valence-electron chi connectivity index (χ1n) is 6.80. The summed E-state index contributed by atoms with van der Waals surface area (Å²) >= 11 is 1.63. The van der Waals surface area contributed by atoms with Crippen molar-refractivity contribution in [2.45, 2.75) is 13.5 Å². The smallest absolute Gasteiger partial charge is 0.236 e. The van der Waals surface area contributed by atoms with E-state index < -0.39 is 0 Å². The van der Waals surface area contributed by atoms with Crippen molar-refractivity contribution < 1.29 is 14.1 Å². The van der Waals surface area contributed by atoms with Gasteiger partial charge in [0, 0.05) is 6.92 Å². The first kappa shape index (κ1) is 13.3. The van der Waals surface area contributed by atoms with Gasteiger partial charge in [0.25, 0.3) is 0 Å². The maximum absolute atomic E-state index is 11.3. The third-order valence-corrected chi connectivity index (χ3v) is 4.49. The number of hydrogen-bond donors (Lipinski definition) is 1. The van der Waals surface area contributed by atoms with Crippen LogP contribution in [0.2, 0.25) is 0 Å². The van der Waals surface area contributed by atoms with Gasteiger partial charge in [-0.15, -0.1) is 11.3 Å². The summed E-state index contributed by atoms with van der Waals surface area (Å²) in [5.41, 5.74) is 0.986. The average molecular weight is 292 g/mol. The number of rotatable bonds is 3. The highest BCUT2D eigenvalue weighted by Gasteiger charge is 2.22. The molecule has 0 atom stereocenters. The van der Waals surface area contributed by atoms with E-state index in [0.717, 1.165) is 43.3 Å². The number of nitrogens with zero attached hydrogens (tertiary/aromatic N) is 2. The quantitative estimate of drug-likeness (QED) is 0.904. The number of amides is 1. The van der Waals surface area contributed by atoms with Crippen LogP contribution >= 0.6 is 11.3 Å². The Kier molecular flexibility index (Phi) is 3.84. The Labute approximate surface area is 121 Å². The predicted octanol–water partition coefficient (Wildman–Crippen LogP) is 0.650. The maximum atomic E-state index is 11.3. The van der Waals surface area contributed by atoms with Gasteiger partial charge in [0.2, 0.25) is 11.8 Å². The Morgan fingerprint density at radius 1 is 1.50 bits per heavy atom. The Hall–Kier alpha value is -1.66. The first-order valence-corrected chi connectivity index (χ1v) is 7.67. The zero-order valence-corrected chi connectivity index (χ0v) is 12.3. The number of quaternary nitrogens is 1. The van der Waals surface area contributed by atoms with Crippen molar-refractivity contribution in [2.75, 3.05) is 26.2 Å². The molecular formula is C14H18N3O2S+. The van der Waals surface area contributed by atoms with Gasteiger partial charge >= 0.3 is 0 Å². The van der Waals surface area contributed by atoms with Gasteiger partial charge in [0.1, 0.15) is 18.5 Å². The molecule has 1 amide bonds. The maximum Gasteiger partial charge on any atom is 0.236 e. The Bertz CT molecular complexity index is 571. The minimum absolute atomic E-state index is 0.172. The van der Waals surface area contributed by atoms with Crippen molar-refractivity contribution in [3.8, 4) is 10.8 Å². The van der Waals surface area contributed by atoms with Crippen LogP contribution < -0.4 is 4.90 Å². The van der Waals surface area contributed by atoms with Gasteiger partial charge in [-0.25, -0.2) is 4.98 Å². The lowest BCUT2D eigenvalue weighted by molar-refractivity contribution is -0.917. The van der Waals surface area contributed by atoms with Gasteiger partial charge in [0.05, 0.1) is 31.1 Å². The minimum atomic E-state index is 0.172. The third kappa shape index (κ3) is 2.91. The van der Waals surface area contributed by atoms with Crippen LogP contribution in [0.4, 0.5) is 0 Å². The summed E-state index contributed by atoms with van der Waals surface area (Å²) in [6, 6.07) is 4.01. The van der Waals surface area contributed by atoms with E-state index in [1.54, 1.807) is 24.5 Å². The monoisotopic (exact) mass is 292 g/mol. The van der Waals surface area contributed by atoms with Gasteiger partial charge in [-0.2, -0.15) is 0 Å². The highest BCUT2D eigenvalue weighted by atomic mass is 32.1. The predicted molar refractivity (Wildman–Crippen MR) is 76.5 cm³/mol. The number of nitrogens with one attached hydrogen (secondary N) is 1. The molecular weight excluding hydrogens is 274 g/mol. The molecule has 2 aromatic rings. The van der Waals surface area contributed by atoms with Crippen molar-refractivity contribution in [3.63, 3.8) is 0 Å². The molecule has 1 saturated heterocycles. The zero-order valence-electron chi connectivity index (χ0n) is 11.5.